The summed E-state index contributed by atoms with van der Waals surface area (Å²) in [7, 11) is 0. The third-order valence-corrected chi connectivity index (χ3v) is 5.33. The Bertz CT molecular complexity index is 499. The van der Waals surface area contributed by atoms with Gasteiger partial charge in [-0.3, -0.25) is 9.69 Å². The first-order valence-electron chi connectivity index (χ1n) is 6.86. The molecule has 0 radical (unpaired) electrons. The zero-order chi connectivity index (χ0) is 14.8. The summed E-state index contributed by atoms with van der Waals surface area (Å²) in [5, 5.41) is 10.1. The van der Waals surface area contributed by atoms with E-state index in [1.807, 2.05) is 25.1 Å². The Balaban J connectivity index is 1.99. The van der Waals surface area contributed by atoms with E-state index in [2.05, 4.69) is 20.8 Å². The van der Waals surface area contributed by atoms with Gasteiger partial charge < -0.3 is 5.11 Å². The number of aliphatic carboxylic acids is 1. The lowest BCUT2D eigenvalue weighted by Crippen LogP contribution is -2.43. The van der Waals surface area contributed by atoms with Gasteiger partial charge in [-0.25, -0.2) is 0 Å². The summed E-state index contributed by atoms with van der Waals surface area (Å²) in [5.74, 6) is -0.646. The molecule has 1 aliphatic heterocycles. The SMILES string of the molecule is CCC1(C(=O)O)CCN(Cc2ccc(Cl)cc2Br)CC1. The molecule has 1 aromatic carbocycles. The summed E-state index contributed by atoms with van der Waals surface area (Å²) in [5.41, 5.74) is 0.669. The van der Waals surface area contributed by atoms with Gasteiger partial charge in [0.05, 0.1) is 5.41 Å². The van der Waals surface area contributed by atoms with Crippen molar-refractivity contribution >= 4 is 33.5 Å². The summed E-state index contributed by atoms with van der Waals surface area (Å²) in [6, 6.07) is 5.80. The van der Waals surface area contributed by atoms with Crippen LogP contribution >= 0.6 is 27.5 Å². The molecule has 0 amide bonds. The van der Waals surface area contributed by atoms with Crippen LogP contribution in [0.2, 0.25) is 5.02 Å². The summed E-state index contributed by atoms with van der Waals surface area (Å²) in [4.78, 5) is 13.7. The molecular formula is C15H19BrClNO2. The molecule has 1 aromatic rings. The van der Waals surface area contributed by atoms with E-state index in [9.17, 15) is 9.90 Å². The van der Waals surface area contributed by atoms with Crippen molar-refractivity contribution in [3.8, 4) is 0 Å². The van der Waals surface area contributed by atoms with Crippen LogP contribution in [0.1, 0.15) is 31.7 Å². The van der Waals surface area contributed by atoms with Crippen LogP contribution in [0.4, 0.5) is 0 Å². The van der Waals surface area contributed by atoms with Crippen LogP contribution in [-0.2, 0) is 11.3 Å². The minimum atomic E-state index is -0.646. The van der Waals surface area contributed by atoms with E-state index in [4.69, 9.17) is 11.6 Å². The zero-order valence-electron chi connectivity index (χ0n) is 11.5. The average molecular weight is 361 g/mol. The average Bonchev–Trinajstić information content (AvgIpc) is 2.42. The number of carboxylic acids is 1. The standard InChI is InChI=1S/C15H19BrClNO2/c1-2-15(14(19)20)5-7-18(8-6-15)10-11-3-4-12(17)9-13(11)16/h3-4,9H,2,5-8,10H2,1H3,(H,19,20). The normalized spacial score (nSPS) is 18.9. The van der Waals surface area contributed by atoms with Gasteiger partial charge >= 0.3 is 5.97 Å². The van der Waals surface area contributed by atoms with Gasteiger partial charge in [0.25, 0.3) is 0 Å². The third kappa shape index (κ3) is 3.35. The predicted molar refractivity (Wildman–Crippen MR) is 84.0 cm³/mol. The van der Waals surface area contributed by atoms with Gasteiger partial charge in [0.2, 0.25) is 0 Å². The highest BCUT2D eigenvalue weighted by Gasteiger charge is 2.39. The van der Waals surface area contributed by atoms with Crippen molar-refractivity contribution in [2.24, 2.45) is 5.41 Å². The zero-order valence-corrected chi connectivity index (χ0v) is 13.9. The van der Waals surface area contributed by atoms with E-state index < -0.39 is 11.4 Å². The molecule has 1 fully saturated rings. The van der Waals surface area contributed by atoms with Gasteiger partial charge in [0, 0.05) is 16.0 Å². The van der Waals surface area contributed by atoms with Crippen LogP contribution in [0.25, 0.3) is 0 Å². The highest BCUT2D eigenvalue weighted by atomic mass is 79.9. The maximum absolute atomic E-state index is 11.4. The fourth-order valence-corrected chi connectivity index (χ4v) is 3.56. The fourth-order valence-electron chi connectivity index (χ4n) is 2.75. The van der Waals surface area contributed by atoms with Gasteiger partial charge in [-0.2, -0.15) is 0 Å². The first kappa shape index (κ1) is 15.8. The smallest absolute Gasteiger partial charge is 0.309 e. The van der Waals surface area contributed by atoms with Gasteiger partial charge in [0.15, 0.2) is 0 Å². The Morgan fingerprint density at radius 3 is 2.60 bits per heavy atom. The Morgan fingerprint density at radius 2 is 2.10 bits per heavy atom. The number of piperidine rings is 1. The van der Waals surface area contributed by atoms with E-state index in [-0.39, 0.29) is 0 Å². The molecule has 0 aliphatic carbocycles. The van der Waals surface area contributed by atoms with Crippen molar-refractivity contribution in [2.45, 2.75) is 32.7 Å². The molecular weight excluding hydrogens is 342 g/mol. The molecule has 0 saturated carbocycles. The molecule has 110 valence electrons. The number of rotatable bonds is 4. The quantitative estimate of drug-likeness (QED) is 0.875. The molecule has 1 saturated heterocycles. The highest BCUT2D eigenvalue weighted by Crippen LogP contribution is 2.36. The molecule has 3 nitrogen and oxygen atoms in total. The second-order valence-electron chi connectivity index (χ2n) is 5.45. The van der Waals surface area contributed by atoms with Crippen LogP contribution in [-0.4, -0.2) is 29.1 Å². The Morgan fingerprint density at radius 1 is 1.45 bits per heavy atom. The number of benzene rings is 1. The van der Waals surface area contributed by atoms with Crippen molar-refractivity contribution in [1.29, 1.82) is 0 Å². The summed E-state index contributed by atoms with van der Waals surface area (Å²) in [6.45, 7) is 4.46. The van der Waals surface area contributed by atoms with Gasteiger partial charge in [-0.15, -0.1) is 0 Å². The molecule has 5 heteroatoms. The molecule has 0 aromatic heterocycles. The van der Waals surface area contributed by atoms with E-state index in [1.165, 1.54) is 5.56 Å². The second-order valence-corrected chi connectivity index (χ2v) is 6.74. The van der Waals surface area contributed by atoms with E-state index >= 15 is 0 Å². The number of nitrogens with zero attached hydrogens (tertiary/aromatic N) is 1. The number of hydrogen-bond donors (Lipinski definition) is 1. The lowest BCUT2D eigenvalue weighted by atomic mass is 9.76. The first-order valence-corrected chi connectivity index (χ1v) is 8.03. The molecule has 2 rings (SSSR count). The van der Waals surface area contributed by atoms with Crippen molar-refractivity contribution < 1.29 is 9.90 Å². The lowest BCUT2D eigenvalue weighted by Gasteiger charge is -2.38. The summed E-state index contributed by atoms with van der Waals surface area (Å²) >= 11 is 9.47. The van der Waals surface area contributed by atoms with Crippen molar-refractivity contribution in [3.63, 3.8) is 0 Å². The lowest BCUT2D eigenvalue weighted by molar-refractivity contribution is -0.152. The third-order valence-electron chi connectivity index (χ3n) is 4.35. The number of carboxylic acid groups (broad SMARTS) is 1. The second kappa shape index (κ2) is 6.46. The Kier molecular flexibility index (Phi) is 5.10. The largest absolute Gasteiger partial charge is 0.481 e. The van der Waals surface area contributed by atoms with Gasteiger partial charge in [-0.05, 0) is 50.0 Å². The molecule has 1 aliphatic rings. The minimum absolute atomic E-state index is 0.520. The molecule has 1 heterocycles. The molecule has 0 unspecified atom stereocenters. The Labute approximate surface area is 133 Å². The monoisotopic (exact) mass is 359 g/mol. The number of carbonyl (C=O) groups is 1. The molecule has 1 N–H and O–H groups in total. The van der Waals surface area contributed by atoms with Gasteiger partial charge in [-0.1, -0.05) is 40.5 Å². The van der Waals surface area contributed by atoms with E-state index in [0.717, 1.165) is 42.0 Å². The maximum Gasteiger partial charge on any atom is 0.309 e. The molecule has 0 spiro atoms. The van der Waals surface area contributed by atoms with Crippen molar-refractivity contribution in [2.75, 3.05) is 13.1 Å². The first-order chi connectivity index (χ1) is 9.47. The van der Waals surface area contributed by atoms with Crippen molar-refractivity contribution in [1.82, 2.24) is 4.90 Å². The van der Waals surface area contributed by atoms with E-state index in [0.29, 0.717) is 6.42 Å². The molecule has 0 bridgehead atoms. The van der Waals surface area contributed by atoms with E-state index in [1.54, 1.807) is 0 Å². The molecule has 0 atom stereocenters. The van der Waals surface area contributed by atoms with Gasteiger partial charge in [0.1, 0.15) is 0 Å². The van der Waals surface area contributed by atoms with Crippen LogP contribution < -0.4 is 0 Å². The summed E-state index contributed by atoms with van der Waals surface area (Å²) < 4.78 is 1.01. The van der Waals surface area contributed by atoms with Crippen LogP contribution in [0.3, 0.4) is 0 Å². The van der Waals surface area contributed by atoms with Crippen LogP contribution in [0.5, 0.6) is 0 Å². The minimum Gasteiger partial charge on any atom is -0.481 e. The maximum atomic E-state index is 11.4. The molecule has 20 heavy (non-hydrogen) atoms. The number of hydrogen-bond acceptors (Lipinski definition) is 2. The summed E-state index contributed by atoms with van der Waals surface area (Å²) in [6.07, 6.45) is 2.16. The van der Waals surface area contributed by atoms with Crippen LogP contribution in [0, 0.1) is 5.41 Å². The predicted octanol–water partition coefficient (Wildman–Crippen LogP) is 4.18. The highest BCUT2D eigenvalue weighted by molar-refractivity contribution is 9.10. The fraction of sp³-hybridized carbons (Fsp3) is 0.533. The number of halogens is 2. The number of likely N-dealkylation sites (tertiary alicyclic amines) is 1. The topological polar surface area (TPSA) is 40.5 Å². The van der Waals surface area contributed by atoms with Crippen LogP contribution in [0.15, 0.2) is 22.7 Å². The van der Waals surface area contributed by atoms with Crippen molar-refractivity contribution in [3.05, 3.63) is 33.3 Å². The Hall–Kier alpha value is -0.580.